The molecule has 31 heavy (non-hydrogen) atoms. The average molecular weight is 543 g/mol. The lowest BCUT2D eigenvalue weighted by molar-refractivity contribution is -0.127. The van der Waals surface area contributed by atoms with Gasteiger partial charge in [-0.15, -0.1) is 24.0 Å². The van der Waals surface area contributed by atoms with Gasteiger partial charge in [-0.2, -0.15) is 0 Å². The van der Waals surface area contributed by atoms with Crippen molar-refractivity contribution in [3.8, 4) is 0 Å². The molecule has 1 aromatic heterocycles. The van der Waals surface area contributed by atoms with Crippen LogP contribution in [0.3, 0.4) is 0 Å². The second-order valence-corrected chi connectivity index (χ2v) is 8.94. The number of nitrogens with one attached hydrogen (secondary N) is 2. The van der Waals surface area contributed by atoms with Crippen molar-refractivity contribution in [1.82, 2.24) is 20.5 Å². The first-order valence-electron chi connectivity index (χ1n) is 11.4. The Kier molecular flexibility index (Phi) is 10.8. The van der Waals surface area contributed by atoms with Crippen LogP contribution < -0.4 is 15.5 Å². The van der Waals surface area contributed by atoms with E-state index in [0.29, 0.717) is 12.0 Å². The highest BCUT2D eigenvalue weighted by Gasteiger charge is 2.22. The molecule has 2 aliphatic rings. The van der Waals surface area contributed by atoms with E-state index in [1.54, 1.807) is 19.0 Å². The lowest BCUT2D eigenvalue weighted by atomic mass is 9.89. The number of halogens is 1. The number of amides is 1. The fraction of sp³-hybridized carbons (Fsp3) is 0.696. The highest BCUT2D eigenvalue weighted by atomic mass is 127. The van der Waals surface area contributed by atoms with Crippen molar-refractivity contribution in [3.63, 3.8) is 0 Å². The Labute approximate surface area is 204 Å². The van der Waals surface area contributed by atoms with Crippen molar-refractivity contribution in [2.24, 2.45) is 10.9 Å². The first-order chi connectivity index (χ1) is 14.5. The zero-order chi connectivity index (χ0) is 21.3. The summed E-state index contributed by atoms with van der Waals surface area (Å²) in [6, 6.07) is 4.59. The fourth-order valence-corrected chi connectivity index (χ4v) is 4.17. The summed E-state index contributed by atoms with van der Waals surface area (Å²) in [7, 11) is 3.55. The molecule has 0 unspecified atom stereocenters. The molecule has 8 heteroatoms. The Hall–Kier alpha value is -1.58. The van der Waals surface area contributed by atoms with Crippen molar-refractivity contribution in [2.45, 2.75) is 57.9 Å². The molecular weight excluding hydrogens is 503 g/mol. The van der Waals surface area contributed by atoms with E-state index in [9.17, 15) is 4.79 Å². The number of likely N-dealkylation sites (N-methyl/N-ethyl adjacent to an activating group) is 1. The van der Waals surface area contributed by atoms with Crippen molar-refractivity contribution in [1.29, 1.82) is 0 Å². The molecule has 1 saturated carbocycles. The number of rotatable bonds is 6. The highest BCUT2D eigenvalue weighted by molar-refractivity contribution is 14.0. The minimum absolute atomic E-state index is 0. The molecule has 1 aromatic rings. The number of hydrogen-bond acceptors (Lipinski definition) is 4. The van der Waals surface area contributed by atoms with Gasteiger partial charge in [-0.05, 0) is 50.2 Å². The number of pyridine rings is 1. The number of carbonyl (C=O) groups is 1. The third-order valence-corrected chi connectivity index (χ3v) is 6.21. The van der Waals surface area contributed by atoms with Crippen LogP contribution in [0.4, 0.5) is 5.82 Å². The van der Waals surface area contributed by atoms with E-state index in [2.05, 4.69) is 44.6 Å². The molecule has 2 fully saturated rings. The monoisotopic (exact) mass is 542 g/mol. The lowest BCUT2D eigenvalue weighted by Gasteiger charge is -2.34. The molecule has 1 aliphatic carbocycles. The minimum Gasteiger partial charge on any atom is -0.356 e. The summed E-state index contributed by atoms with van der Waals surface area (Å²) in [6.07, 6.45) is 10.6. The third kappa shape index (κ3) is 8.46. The number of piperidine rings is 1. The predicted octanol–water partition coefficient (Wildman–Crippen LogP) is 3.18. The molecule has 0 aromatic carbocycles. The fourth-order valence-electron chi connectivity index (χ4n) is 4.17. The first-order valence-corrected chi connectivity index (χ1v) is 11.4. The van der Waals surface area contributed by atoms with Crippen LogP contribution in [0.15, 0.2) is 23.3 Å². The zero-order valence-electron chi connectivity index (χ0n) is 19.3. The number of carbonyl (C=O) groups excluding carboxylic acids is 1. The molecule has 2 heterocycles. The van der Waals surface area contributed by atoms with E-state index in [1.807, 2.05) is 6.20 Å². The average Bonchev–Trinajstić information content (AvgIpc) is 2.77. The van der Waals surface area contributed by atoms with Gasteiger partial charge in [-0.25, -0.2) is 9.98 Å². The number of guanidine groups is 1. The maximum Gasteiger partial charge on any atom is 0.243 e. The van der Waals surface area contributed by atoms with E-state index in [-0.39, 0.29) is 36.4 Å². The van der Waals surface area contributed by atoms with Gasteiger partial charge in [-0.1, -0.05) is 25.3 Å². The molecule has 0 spiro atoms. The Bertz CT molecular complexity index is 695. The van der Waals surface area contributed by atoms with Crippen molar-refractivity contribution < 1.29 is 4.79 Å². The summed E-state index contributed by atoms with van der Waals surface area (Å²) in [4.78, 5) is 25.1. The summed E-state index contributed by atoms with van der Waals surface area (Å²) in [5.74, 6) is 2.57. The van der Waals surface area contributed by atoms with Gasteiger partial charge in [0.15, 0.2) is 5.96 Å². The summed E-state index contributed by atoms with van der Waals surface area (Å²) in [6.45, 7) is 5.13. The van der Waals surface area contributed by atoms with E-state index < -0.39 is 0 Å². The number of nitrogens with zero attached hydrogens (tertiary/aromatic N) is 4. The summed E-state index contributed by atoms with van der Waals surface area (Å²) < 4.78 is 0. The van der Waals surface area contributed by atoms with Crippen LogP contribution in [0.5, 0.6) is 0 Å². The van der Waals surface area contributed by atoms with Gasteiger partial charge >= 0.3 is 0 Å². The molecule has 1 aliphatic heterocycles. The van der Waals surface area contributed by atoms with Gasteiger partial charge < -0.3 is 20.4 Å². The van der Waals surface area contributed by atoms with E-state index >= 15 is 0 Å². The second-order valence-electron chi connectivity index (χ2n) is 8.94. The number of anilines is 1. The Morgan fingerprint density at radius 1 is 1.16 bits per heavy atom. The van der Waals surface area contributed by atoms with Crippen LogP contribution in [0.1, 0.15) is 50.5 Å². The highest BCUT2D eigenvalue weighted by Crippen LogP contribution is 2.23. The van der Waals surface area contributed by atoms with E-state index in [4.69, 9.17) is 0 Å². The maximum atomic E-state index is 12.0. The van der Waals surface area contributed by atoms with Gasteiger partial charge in [0.1, 0.15) is 12.4 Å². The molecule has 7 nitrogen and oxygen atoms in total. The van der Waals surface area contributed by atoms with Gasteiger partial charge in [0.2, 0.25) is 5.91 Å². The molecule has 3 rings (SSSR count). The number of aliphatic imine (C=N–C) groups is 1. The number of aryl methyl sites for hydroxylation is 1. The summed E-state index contributed by atoms with van der Waals surface area (Å²) in [5.41, 5.74) is 1.19. The maximum absolute atomic E-state index is 12.0. The molecule has 0 radical (unpaired) electrons. The van der Waals surface area contributed by atoms with Gasteiger partial charge in [0.25, 0.3) is 0 Å². The summed E-state index contributed by atoms with van der Waals surface area (Å²) >= 11 is 0. The Morgan fingerprint density at radius 2 is 1.87 bits per heavy atom. The van der Waals surface area contributed by atoms with E-state index in [0.717, 1.165) is 44.3 Å². The molecule has 0 atom stereocenters. The van der Waals surface area contributed by atoms with Gasteiger partial charge in [0, 0.05) is 46.0 Å². The van der Waals surface area contributed by atoms with Crippen molar-refractivity contribution >= 4 is 41.7 Å². The molecule has 1 saturated heterocycles. The molecule has 1 amide bonds. The molecular formula is C23H39IN6O. The quantitative estimate of drug-likeness (QED) is 0.328. The lowest BCUT2D eigenvalue weighted by Crippen LogP contribution is -2.50. The van der Waals surface area contributed by atoms with Crippen molar-refractivity contribution in [2.75, 3.05) is 45.2 Å². The smallest absolute Gasteiger partial charge is 0.243 e. The Morgan fingerprint density at radius 3 is 2.48 bits per heavy atom. The number of aromatic nitrogens is 1. The molecule has 0 bridgehead atoms. The number of hydrogen-bond donors (Lipinski definition) is 2. The minimum atomic E-state index is 0. The standard InChI is InChI=1S/C23H38N6O.HI/c1-18-9-10-21(24-15-18)29-13-11-20(12-14-29)27-23(26-17-22(30)28(2)3)25-16-19-7-5-4-6-8-19;/h9-10,15,19-20H,4-8,11-14,16-17H2,1-3H3,(H2,25,26,27);1H. The van der Waals surface area contributed by atoms with Crippen LogP contribution in [-0.4, -0.2) is 68.1 Å². The van der Waals surface area contributed by atoms with Crippen LogP contribution in [-0.2, 0) is 4.79 Å². The van der Waals surface area contributed by atoms with Gasteiger partial charge in [-0.3, -0.25) is 4.79 Å². The molecule has 2 N–H and O–H groups in total. The second kappa shape index (κ2) is 13.1. The Balaban J connectivity index is 0.00000341. The third-order valence-electron chi connectivity index (χ3n) is 6.21. The van der Waals surface area contributed by atoms with Crippen LogP contribution >= 0.6 is 24.0 Å². The van der Waals surface area contributed by atoms with E-state index in [1.165, 1.54) is 37.7 Å². The van der Waals surface area contributed by atoms with Crippen LogP contribution in [0.2, 0.25) is 0 Å². The summed E-state index contributed by atoms with van der Waals surface area (Å²) in [5, 5.41) is 7.11. The van der Waals surface area contributed by atoms with Crippen molar-refractivity contribution in [3.05, 3.63) is 23.9 Å². The molecule has 174 valence electrons. The predicted molar refractivity (Wildman–Crippen MR) is 138 cm³/mol. The van der Waals surface area contributed by atoms with Crippen LogP contribution in [0, 0.1) is 12.8 Å². The largest absolute Gasteiger partial charge is 0.356 e. The van der Waals surface area contributed by atoms with Gasteiger partial charge in [0.05, 0.1) is 0 Å². The topological polar surface area (TPSA) is 72.9 Å². The van der Waals surface area contributed by atoms with Crippen LogP contribution in [0.25, 0.3) is 0 Å². The normalized spacial score (nSPS) is 18.3. The first kappa shape index (κ1) is 25.7. The SMILES string of the molecule is Cc1ccc(N2CCC(NC(=NCC(=O)N(C)C)NCC3CCCCC3)CC2)nc1.I. The zero-order valence-corrected chi connectivity index (χ0v) is 21.6.